The van der Waals surface area contributed by atoms with Gasteiger partial charge in [0.2, 0.25) is 0 Å². The number of hydrogen-bond donors (Lipinski definition) is 1. The van der Waals surface area contributed by atoms with Crippen molar-refractivity contribution < 1.29 is 0 Å². The van der Waals surface area contributed by atoms with Gasteiger partial charge in [0.1, 0.15) is 0 Å². The number of hydrogen-bond acceptors (Lipinski definition) is 1. The van der Waals surface area contributed by atoms with Crippen molar-refractivity contribution in [2.24, 2.45) is 0 Å². The van der Waals surface area contributed by atoms with Crippen LogP contribution in [0.25, 0.3) is 0 Å². The average molecular weight is 307 g/mol. The maximum atomic E-state index is 3.80. The van der Waals surface area contributed by atoms with E-state index < -0.39 is 0 Å². The number of benzene rings is 2. The van der Waals surface area contributed by atoms with Gasteiger partial charge in [-0.05, 0) is 61.4 Å². The van der Waals surface area contributed by atoms with Crippen LogP contribution in [-0.2, 0) is 12.0 Å². The van der Waals surface area contributed by atoms with Crippen LogP contribution >= 0.6 is 0 Å². The van der Waals surface area contributed by atoms with Crippen molar-refractivity contribution in [3.8, 4) is 0 Å². The molecular formula is C22H29N. The Morgan fingerprint density at radius 1 is 1.09 bits per heavy atom. The molecule has 122 valence electrons. The number of rotatable bonds is 4. The van der Waals surface area contributed by atoms with Gasteiger partial charge in [-0.2, -0.15) is 0 Å². The topological polar surface area (TPSA) is 12.0 Å². The molecule has 1 aliphatic carbocycles. The van der Waals surface area contributed by atoms with E-state index in [4.69, 9.17) is 0 Å². The monoisotopic (exact) mass is 307 g/mol. The van der Waals surface area contributed by atoms with Gasteiger partial charge in [0, 0.05) is 0 Å². The fourth-order valence-electron chi connectivity index (χ4n) is 4.33. The predicted molar refractivity (Wildman–Crippen MR) is 99.1 cm³/mol. The lowest BCUT2D eigenvalue weighted by molar-refractivity contribution is 0.449. The highest BCUT2D eigenvalue weighted by atomic mass is 15.0. The van der Waals surface area contributed by atoms with E-state index in [-0.39, 0.29) is 5.54 Å². The molecule has 0 radical (unpaired) electrons. The summed E-state index contributed by atoms with van der Waals surface area (Å²) in [5.74, 6) is 0.622. The van der Waals surface area contributed by atoms with Crippen molar-refractivity contribution in [3.05, 3.63) is 70.3 Å². The average Bonchev–Trinajstić information content (AvgIpc) is 2.63. The SMILES string of the molecule is CCC[C@@H]1Cc2ccccc2[C@](C)(NCC)c2ccc(C)cc21. The fraction of sp³-hybridized carbons (Fsp3) is 0.455. The van der Waals surface area contributed by atoms with Crippen LogP contribution in [0.3, 0.4) is 0 Å². The minimum Gasteiger partial charge on any atom is -0.304 e. The molecule has 0 amide bonds. The fourth-order valence-corrected chi connectivity index (χ4v) is 4.33. The van der Waals surface area contributed by atoms with Crippen LogP contribution in [0.4, 0.5) is 0 Å². The lowest BCUT2D eigenvalue weighted by Crippen LogP contribution is -2.41. The summed E-state index contributed by atoms with van der Waals surface area (Å²) >= 11 is 0. The molecule has 1 aliphatic rings. The van der Waals surface area contributed by atoms with Crippen molar-refractivity contribution in [1.29, 1.82) is 0 Å². The molecule has 0 spiro atoms. The second-order valence-electron chi connectivity index (χ2n) is 7.09. The van der Waals surface area contributed by atoms with Gasteiger partial charge >= 0.3 is 0 Å². The molecule has 0 heterocycles. The molecule has 3 rings (SSSR count). The van der Waals surface area contributed by atoms with Crippen molar-refractivity contribution in [3.63, 3.8) is 0 Å². The van der Waals surface area contributed by atoms with E-state index in [1.54, 1.807) is 5.56 Å². The number of aryl methyl sites for hydroxylation is 1. The molecule has 0 aromatic heterocycles. The molecule has 1 nitrogen and oxygen atoms in total. The molecule has 2 aromatic rings. The second kappa shape index (κ2) is 6.49. The maximum Gasteiger partial charge on any atom is 0.0667 e. The lowest BCUT2D eigenvalue weighted by atomic mass is 9.80. The highest BCUT2D eigenvalue weighted by molar-refractivity contribution is 5.51. The van der Waals surface area contributed by atoms with Crippen LogP contribution in [0.2, 0.25) is 0 Å². The van der Waals surface area contributed by atoms with Crippen LogP contribution in [0, 0.1) is 6.92 Å². The minimum atomic E-state index is -0.100. The maximum absolute atomic E-state index is 3.80. The summed E-state index contributed by atoms with van der Waals surface area (Å²) in [5.41, 5.74) is 7.24. The Labute approximate surface area is 141 Å². The van der Waals surface area contributed by atoms with E-state index in [1.807, 2.05) is 0 Å². The van der Waals surface area contributed by atoms with Gasteiger partial charge in [-0.25, -0.2) is 0 Å². The van der Waals surface area contributed by atoms with E-state index in [1.165, 1.54) is 35.1 Å². The zero-order valence-corrected chi connectivity index (χ0v) is 14.9. The molecule has 0 saturated heterocycles. The number of fused-ring (bicyclic) bond motifs is 2. The van der Waals surface area contributed by atoms with Crippen LogP contribution in [0.1, 0.15) is 67.3 Å². The summed E-state index contributed by atoms with van der Waals surface area (Å²) in [6.45, 7) is 10.0. The molecule has 0 unspecified atom stereocenters. The Morgan fingerprint density at radius 2 is 1.87 bits per heavy atom. The molecule has 0 bridgehead atoms. The highest BCUT2D eigenvalue weighted by Gasteiger charge is 2.36. The van der Waals surface area contributed by atoms with E-state index >= 15 is 0 Å². The van der Waals surface area contributed by atoms with Gasteiger partial charge in [-0.3, -0.25) is 0 Å². The third-order valence-electron chi connectivity index (χ3n) is 5.38. The summed E-state index contributed by atoms with van der Waals surface area (Å²) < 4.78 is 0. The molecule has 23 heavy (non-hydrogen) atoms. The van der Waals surface area contributed by atoms with Gasteiger partial charge in [0.05, 0.1) is 5.54 Å². The van der Waals surface area contributed by atoms with Crippen molar-refractivity contribution >= 4 is 0 Å². The zero-order valence-electron chi connectivity index (χ0n) is 14.9. The van der Waals surface area contributed by atoms with Gasteiger partial charge in [-0.1, -0.05) is 68.3 Å². The molecule has 0 aliphatic heterocycles. The third-order valence-corrected chi connectivity index (χ3v) is 5.38. The summed E-state index contributed by atoms with van der Waals surface area (Å²) in [4.78, 5) is 0. The first-order chi connectivity index (χ1) is 11.1. The molecule has 1 N–H and O–H groups in total. The molecule has 2 aromatic carbocycles. The molecule has 0 saturated carbocycles. The van der Waals surface area contributed by atoms with E-state index in [2.05, 4.69) is 75.5 Å². The van der Waals surface area contributed by atoms with Crippen LogP contribution in [-0.4, -0.2) is 6.54 Å². The number of nitrogens with one attached hydrogen (secondary N) is 1. The highest BCUT2D eigenvalue weighted by Crippen LogP contribution is 2.43. The lowest BCUT2D eigenvalue weighted by Gasteiger charge is -2.34. The Bertz CT molecular complexity index is 688. The second-order valence-corrected chi connectivity index (χ2v) is 7.09. The van der Waals surface area contributed by atoms with Crippen molar-refractivity contribution in [1.82, 2.24) is 5.32 Å². The van der Waals surface area contributed by atoms with Crippen LogP contribution in [0.15, 0.2) is 42.5 Å². The third kappa shape index (κ3) is 2.83. The van der Waals surface area contributed by atoms with Gasteiger partial charge in [0.15, 0.2) is 0 Å². The van der Waals surface area contributed by atoms with E-state index in [0.717, 1.165) is 13.0 Å². The smallest absolute Gasteiger partial charge is 0.0667 e. The quantitative estimate of drug-likeness (QED) is 0.807. The molecule has 2 atom stereocenters. The summed E-state index contributed by atoms with van der Waals surface area (Å²) in [6, 6.07) is 16.1. The summed E-state index contributed by atoms with van der Waals surface area (Å²) in [7, 11) is 0. The molecule has 0 fully saturated rings. The van der Waals surface area contributed by atoms with Crippen LogP contribution in [0.5, 0.6) is 0 Å². The van der Waals surface area contributed by atoms with E-state index in [0.29, 0.717) is 5.92 Å². The molecule has 1 heteroatoms. The zero-order chi connectivity index (χ0) is 16.4. The first kappa shape index (κ1) is 16.3. The Morgan fingerprint density at radius 3 is 2.61 bits per heavy atom. The Hall–Kier alpha value is -1.60. The summed E-state index contributed by atoms with van der Waals surface area (Å²) in [6.07, 6.45) is 3.65. The first-order valence-corrected chi connectivity index (χ1v) is 9.04. The largest absolute Gasteiger partial charge is 0.304 e. The van der Waals surface area contributed by atoms with Crippen molar-refractivity contribution in [2.45, 2.75) is 58.4 Å². The van der Waals surface area contributed by atoms with Crippen LogP contribution < -0.4 is 5.32 Å². The predicted octanol–water partition coefficient (Wildman–Crippen LogP) is 5.31. The molecular weight excluding hydrogens is 278 g/mol. The first-order valence-electron chi connectivity index (χ1n) is 9.04. The van der Waals surface area contributed by atoms with Gasteiger partial charge < -0.3 is 5.32 Å². The van der Waals surface area contributed by atoms with Gasteiger partial charge in [0.25, 0.3) is 0 Å². The van der Waals surface area contributed by atoms with Crippen molar-refractivity contribution in [2.75, 3.05) is 6.54 Å². The van der Waals surface area contributed by atoms with Gasteiger partial charge in [-0.15, -0.1) is 0 Å². The van der Waals surface area contributed by atoms with E-state index in [9.17, 15) is 0 Å². The summed E-state index contributed by atoms with van der Waals surface area (Å²) in [5, 5.41) is 3.80. The normalized spacial score (nSPS) is 23.0. The Kier molecular flexibility index (Phi) is 4.59. The standard InChI is InChI=1S/C22H29N/c1-5-9-17-15-18-10-7-8-11-20(18)22(4,23-6-2)21-13-12-16(3)14-19(17)21/h7-8,10-14,17,23H,5-6,9,15H2,1-4H3/t17-,22+/m1/s1. The minimum absolute atomic E-state index is 0.100. The Balaban J connectivity index is 2.27.